The predicted molar refractivity (Wildman–Crippen MR) is 87.1 cm³/mol. The van der Waals surface area contributed by atoms with Crippen LogP contribution in [0.5, 0.6) is 5.75 Å². The summed E-state index contributed by atoms with van der Waals surface area (Å²) < 4.78 is 1.99. The second-order valence-corrected chi connectivity index (χ2v) is 6.16. The molecule has 0 saturated heterocycles. The first kappa shape index (κ1) is 14.9. The maximum absolute atomic E-state index is 11.7. The molecule has 1 unspecified atom stereocenters. The van der Waals surface area contributed by atoms with E-state index in [1.54, 1.807) is 12.3 Å². The van der Waals surface area contributed by atoms with Crippen molar-refractivity contribution in [2.75, 3.05) is 6.54 Å². The van der Waals surface area contributed by atoms with Crippen molar-refractivity contribution in [1.29, 1.82) is 0 Å². The van der Waals surface area contributed by atoms with Crippen LogP contribution in [0.3, 0.4) is 0 Å². The van der Waals surface area contributed by atoms with Crippen LogP contribution in [0.15, 0.2) is 35.3 Å². The Bertz CT molecular complexity index is 744. The Balaban J connectivity index is 1.91. The first-order valence-corrected chi connectivity index (χ1v) is 7.70. The molecule has 2 heterocycles. The standard InChI is InChI=1S/C18H22N2O2/c1-12-5-4-6-13(2)15(12)10-19-7-8-20-11-18(22)17(21)9-16(20)14(19)3/h4-6,9,11,14,22H,7-8,10H2,1-3H3. The molecule has 3 rings (SSSR count). The molecule has 0 fully saturated rings. The third-order valence-corrected chi connectivity index (χ3v) is 4.75. The van der Waals surface area contributed by atoms with Gasteiger partial charge in [0.25, 0.3) is 0 Å². The van der Waals surface area contributed by atoms with Crippen LogP contribution in [-0.4, -0.2) is 21.1 Å². The van der Waals surface area contributed by atoms with Crippen molar-refractivity contribution in [2.45, 2.75) is 39.9 Å². The van der Waals surface area contributed by atoms with Gasteiger partial charge in [-0.1, -0.05) is 18.2 Å². The third-order valence-electron chi connectivity index (χ3n) is 4.75. The Kier molecular flexibility index (Phi) is 3.79. The van der Waals surface area contributed by atoms with Crippen LogP contribution in [0, 0.1) is 13.8 Å². The zero-order valence-corrected chi connectivity index (χ0v) is 13.3. The normalized spacial score (nSPS) is 18.2. The number of aromatic nitrogens is 1. The van der Waals surface area contributed by atoms with Crippen LogP contribution >= 0.6 is 0 Å². The zero-order valence-electron chi connectivity index (χ0n) is 13.3. The van der Waals surface area contributed by atoms with Crippen molar-refractivity contribution in [3.05, 3.63) is 63.1 Å². The van der Waals surface area contributed by atoms with Gasteiger partial charge in [-0.3, -0.25) is 9.69 Å². The van der Waals surface area contributed by atoms with Gasteiger partial charge in [0.1, 0.15) is 0 Å². The number of aromatic hydroxyl groups is 1. The molecule has 116 valence electrons. The van der Waals surface area contributed by atoms with Gasteiger partial charge in [0, 0.05) is 37.4 Å². The summed E-state index contributed by atoms with van der Waals surface area (Å²) in [6, 6.07) is 8.10. The molecular formula is C18H22N2O2. The summed E-state index contributed by atoms with van der Waals surface area (Å²) in [6.45, 7) is 8.99. The molecule has 4 heteroatoms. The molecule has 1 N–H and O–H groups in total. The molecule has 0 bridgehead atoms. The molecule has 1 aromatic carbocycles. The van der Waals surface area contributed by atoms with Crippen molar-refractivity contribution in [1.82, 2.24) is 9.47 Å². The minimum absolute atomic E-state index is 0.154. The van der Waals surface area contributed by atoms with Crippen LogP contribution in [0.1, 0.15) is 35.3 Å². The lowest BCUT2D eigenvalue weighted by Gasteiger charge is -2.36. The highest BCUT2D eigenvalue weighted by molar-refractivity contribution is 5.33. The topological polar surface area (TPSA) is 45.5 Å². The van der Waals surface area contributed by atoms with Gasteiger partial charge in [-0.2, -0.15) is 0 Å². The Morgan fingerprint density at radius 3 is 2.59 bits per heavy atom. The van der Waals surface area contributed by atoms with Crippen LogP contribution in [0.4, 0.5) is 0 Å². The van der Waals surface area contributed by atoms with Crippen molar-refractivity contribution >= 4 is 0 Å². The SMILES string of the molecule is Cc1cccc(C)c1CN1CCn2cc(O)c(=O)cc2C1C. The Hall–Kier alpha value is -2.07. The fraction of sp³-hybridized carbons (Fsp3) is 0.389. The number of hydrogen-bond acceptors (Lipinski definition) is 3. The van der Waals surface area contributed by atoms with E-state index >= 15 is 0 Å². The molecule has 1 aromatic heterocycles. The van der Waals surface area contributed by atoms with E-state index in [2.05, 4.69) is 43.9 Å². The molecule has 0 radical (unpaired) electrons. The summed E-state index contributed by atoms with van der Waals surface area (Å²) in [5.74, 6) is -0.167. The van der Waals surface area contributed by atoms with E-state index in [9.17, 15) is 9.90 Å². The second-order valence-electron chi connectivity index (χ2n) is 6.16. The highest BCUT2D eigenvalue weighted by atomic mass is 16.3. The summed E-state index contributed by atoms with van der Waals surface area (Å²) in [4.78, 5) is 14.1. The lowest BCUT2D eigenvalue weighted by molar-refractivity contribution is 0.158. The van der Waals surface area contributed by atoms with Gasteiger partial charge < -0.3 is 9.67 Å². The van der Waals surface area contributed by atoms with Crippen LogP contribution in [0.2, 0.25) is 0 Å². The largest absolute Gasteiger partial charge is 0.503 e. The van der Waals surface area contributed by atoms with E-state index in [4.69, 9.17) is 0 Å². The monoisotopic (exact) mass is 298 g/mol. The van der Waals surface area contributed by atoms with Gasteiger partial charge in [-0.05, 0) is 37.5 Å². The molecular weight excluding hydrogens is 276 g/mol. The first-order chi connectivity index (χ1) is 10.5. The minimum Gasteiger partial charge on any atom is -0.503 e. The molecule has 1 atom stereocenters. The molecule has 1 aliphatic heterocycles. The van der Waals surface area contributed by atoms with Gasteiger partial charge in [0.2, 0.25) is 5.43 Å². The highest BCUT2D eigenvalue weighted by Gasteiger charge is 2.25. The van der Waals surface area contributed by atoms with Gasteiger partial charge in [0.05, 0.1) is 6.20 Å². The Morgan fingerprint density at radius 2 is 1.91 bits per heavy atom. The maximum atomic E-state index is 11.7. The average Bonchev–Trinajstić information content (AvgIpc) is 2.47. The maximum Gasteiger partial charge on any atom is 0.223 e. The van der Waals surface area contributed by atoms with Crippen molar-refractivity contribution in [3.8, 4) is 5.75 Å². The zero-order chi connectivity index (χ0) is 15.9. The molecule has 2 aromatic rings. The van der Waals surface area contributed by atoms with E-state index in [0.717, 1.165) is 25.3 Å². The lowest BCUT2D eigenvalue weighted by atomic mass is 10.0. The molecule has 22 heavy (non-hydrogen) atoms. The average molecular weight is 298 g/mol. The second kappa shape index (κ2) is 5.61. The van der Waals surface area contributed by atoms with Gasteiger partial charge >= 0.3 is 0 Å². The quantitative estimate of drug-likeness (QED) is 0.927. The molecule has 0 amide bonds. The van der Waals surface area contributed by atoms with Crippen LogP contribution in [0.25, 0.3) is 0 Å². The van der Waals surface area contributed by atoms with Crippen molar-refractivity contribution in [3.63, 3.8) is 0 Å². The van der Waals surface area contributed by atoms with Crippen LogP contribution in [-0.2, 0) is 13.1 Å². The number of benzene rings is 1. The van der Waals surface area contributed by atoms with Crippen molar-refractivity contribution in [2.24, 2.45) is 0 Å². The number of hydrogen-bond donors (Lipinski definition) is 1. The third kappa shape index (κ3) is 2.55. The van der Waals surface area contributed by atoms with Gasteiger partial charge in [0.15, 0.2) is 5.75 Å². The summed E-state index contributed by atoms with van der Waals surface area (Å²) in [5.41, 5.74) is 4.65. The number of fused-ring (bicyclic) bond motifs is 1. The molecule has 0 spiro atoms. The van der Waals surface area contributed by atoms with E-state index in [1.807, 2.05) is 4.57 Å². The molecule has 0 saturated carbocycles. The lowest BCUT2D eigenvalue weighted by Crippen LogP contribution is -2.37. The van der Waals surface area contributed by atoms with E-state index in [0.29, 0.717) is 0 Å². The fourth-order valence-electron chi connectivity index (χ4n) is 3.27. The molecule has 0 aliphatic carbocycles. The van der Waals surface area contributed by atoms with Crippen LogP contribution < -0.4 is 5.43 Å². The summed E-state index contributed by atoms with van der Waals surface area (Å²) in [5, 5.41) is 9.59. The smallest absolute Gasteiger partial charge is 0.223 e. The number of rotatable bonds is 2. The first-order valence-electron chi connectivity index (χ1n) is 7.70. The number of nitrogens with zero attached hydrogens (tertiary/aromatic N) is 2. The predicted octanol–water partition coefficient (Wildman–Crippen LogP) is 2.75. The summed E-state index contributed by atoms with van der Waals surface area (Å²) in [6.07, 6.45) is 1.56. The summed E-state index contributed by atoms with van der Waals surface area (Å²) in [7, 11) is 0. The minimum atomic E-state index is -0.299. The van der Waals surface area contributed by atoms with E-state index < -0.39 is 0 Å². The van der Waals surface area contributed by atoms with E-state index in [1.165, 1.54) is 16.7 Å². The van der Waals surface area contributed by atoms with E-state index in [-0.39, 0.29) is 17.2 Å². The van der Waals surface area contributed by atoms with Gasteiger partial charge in [-0.15, -0.1) is 0 Å². The number of aryl methyl sites for hydroxylation is 2. The summed E-state index contributed by atoms with van der Waals surface area (Å²) >= 11 is 0. The molecule has 4 nitrogen and oxygen atoms in total. The fourth-order valence-corrected chi connectivity index (χ4v) is 3.27. The molecule has 1 aliphatic rings. The Morgan fingerprint density at radius 1 is 1.23 bits per heavy atom. The Labute approximate surface area is 130 Å². The number of pyridine rings is 1. The van der Waals surface area contributed by atoms with Crippen molar-refractivity contribution < 1.29 is 5.11 Å². The van der Waals surface area contributed by atoms with Gasteiger partial charge in [-0.25, -0.2) is 0 Å². The highest BCUT2D eigenvalue weighted by Crippen LogP contribution is 2.28.